The quantitative estimate of drug-likeness (QED) is 0.908. The Bertz CT molecular complexity index is 542. The lowest BCUT2D eigenvalue weighted by molar-refractivity contribution is 0.0129. The van der Waals surface area contributed by atoms with E-state index in [2.05, 4.69) is 6.07 Å². The van der Waals surface area contributed by atoms with Crippen LogP contribution in [0.3, 0.4) is 0 Å². The number of thioether (sulfide) groups is 1. The second kappa shape index (κ2) is 5.38. The highest BCUT2D eigenvalue weighted by atomic mass is 32.2. The summed E-state index contributed by atoms with van der Waals surface area (Å²) in [5.41, 5.74) is 0.337. The average Bonchev–Trinajstić information content (AvgIpc) is 2.37. The zero-order chi connectivity index (χ0) is 14.2. The van der Waals surface area contributed by atoms with Crippen molar-refractivity contribution in [3.8, 4) is 6.07 Å². The highest BCUT2D eigenvalue weighted by molar-refractivity contribution is 8.00. The molecule has 4 heteroatoms. The van der Waals surface area contributed by atoms with Crippen LogP contribution in [-0.4, -0.2) is 21.2 Å². The molecule has 2 heterocycles. The Hall–Kier alpha value is -1.05. The van der Waals surface area contributed by atoms with E-state index in [9.17, 15) is 9.50 Å². The fourth-order valence-electron chi connectivity index (χ4n) is 3.53. The Morgan fingerprint density at radius 3 is 2.70 bits per heavy atom. The van der Waals surface area contributed by atoms with Gasteiger partial charge in [-0.1, -0.05) is 6.42 Å². The van der Waals surface area contributed by atoms with E-state index < -0.39 is 5.60 Å². The van der Waals surface area contributed by atoms with E-state index in [4.69, 9.17) is 5.26 Å². The molecule has 20 heavy (non-hydrogen) atoms. The number of nitrogens with zero attached hydrogens (tertiary/aromatic N) is 1. The number of hydrogen-bond donors (Lipinski definition) is 1. The molecule has 2 bridgehead atoms. The van der Waals surface area contributed by atoms with E-state index in [1.54, 1.807) is 0 Å². The number of fused-ring (bicyclic) bond motifs is 2. The van der Waals surface area contributed by atoms with Crippen molar-refractivity contribution in [3.05, 3.63) is 35.1 Å². The second-order valence-corrected chi connectivity index (χ2v) is 7.64. The van der Waals surface area contributed by atoms with E-state index in [-0.39, 0.29) is 5.82 Å². The van der Waals surface area contributed by atoms with E-state index in [0.717, 1.165) is 25.7 Å². The van der Waals surface area contributed by atoms with Gasteiger partial charge in [0.05, 0.1) is 17.2 Å². The van der Waals surface area contributed by atoms with E-state index in [0.29, 0.717) is 28.0 Å². The van der Waals surface area contributed by atoms with Gasteiger partial charge in [0.2, 0.25) is 0 Å². The van der Waals surface area contributed by atoms with Gasteiger partial charge in [0, 0.05) is 16.9 Å². The maximum atomic E-state index is 13.4. The van der Waals surface area contributed by atoms with Gasteiger partial charge >= 0.3 is 0 Å². The van der Waals surface area contributed by atoms with Crippen LogP contribution in [0, 0.1) is 17.1 Å². The van der Waals surface area contributed by atoms with Crippen LogP contribution in [0.1, 0.15) is 43.2 Å². The molecule has 2 aliphatic rings. The molecule has 106 valence electrons. The molecule has 3 rings (SSSR count). The molecule has 2 atom stereocenters. The topological polar surface area (TPSA) is 44.0 Å². The fraction of sp³-hybridized carbons (Fsp3) is 0.562. The third-order valence-electron chi connectivity index (χ3n) is 4.36. The SMILES string of the molecule is N#Cc1ccc(F)cc1CC1(O)CC2CCCC(C1)S2. The van der Waals surface area contributed by atoms with Crippen molar-refractivity contribution in [1.82, 2.24) is 0 Å². The normalized spacial score (nSPS) is 32.6. The van der Waals surface area contributed by atoms with Crippen molar-refractivity contribution in [2.75, 3.05) is 0 Å². The molecule has 1 aromatic carbocycles. The monoisotopic (exact) mass is 291 g/mol. The van der Waals surface area contributed by atoms with Crippen molar-refractivity contribution in [2.45, 2.75) is 54.6 Å². The summed E-state index contributed by atoms with van der Waals surface area (Å²) in [5.74, 6) is -0.340. The maximum absolute atomic E-state index is 13.4. The van der Waals surface area contributed by atoms with Gasteiger partial charge in [-0.2, -0.15) is 17.0 Å². The summed E-state index contributed by atoms with van der Waals surface area (Å²) < 4.78 is 13.4. The lowest BCUT2D eigenvalue weighted by atomic mass is 9.80. The first-order valence-electron chi connectivity index (χ1n) is 7.14. The van der Waals surface area contributed by atoms with E-state index >= 15 is 0 Å². The molecular formula is C16H18FNOS. The zero-order valence-electron chi connectivity index (χ0n) is 11.3. The van der Waals surface area contributed by atoms with Crippen LogP contribution in [-0.2, 0) is 6.42 Å². The third-order valence-corrected chi connectivity index (χ3v) is 5.93. The zero-order valence-corrected chi connectivity index (χ0v) is 12.1. The van der Waals surface area contributed by atoms with Crippen LogP contribution in [0.25, 0.3) is 0 Å². The van der Waals surface area contributed by atoms with Crippen LogP contribution in [0.4, 0.5) is 4.39 Å². The van der Waals surface area contributed by atoms with E-state index in [1.165, 1.54) is 24.6 Å². The molecule has 1 N–H and O–H groups in total. The Morgan fingerprint density at radius 2 is 2.05 bits per heavy atom. The number of aliphatic hydroxyl groups is 1. The summed E-state index contributed by atoms with van der Waals surface area (Å²) in [6, 6.07) is 6.30. The minimum atomic E-state index is -0.777. The molecule has 2 aliphatic heterocycles. The lowest BCUT2D eigenvalue weighted by Gasteiger charge is -2.44. The Morgan fingerprint density at radius 1 is 1.35 bits per heavy atom. The van der Waals surface area contributed by atoms with Gasteiger partial charge in [0.15, 0.2) is 0 Å². The molecule has 0 saturated carbocycles. The minimum absolute atomic E-state index is 0.340. The molecule has 0 amide bonds. The first kappa shape index (κ1) is 13.9. The molecule has 0 spiro atoms. The van der Waals surface area contributed by atoms with Crippen LogP contribution in [0.5, 0.6) is 0 Å². The number of benzene rings is 1. The number of hydrogen-bond acceptors (Lipinski definition) is 3. The van der Waals surface area contributed by atoms with Gasteiger partial charge in [-0.3, -0.25) is 0 Å². The van der Waals surface area contributed by atoms with Crippen molar-refractivity contribution < 1.29 is 9.50 Å². The third kappa shape index (κ3) is 2.84. The van der Waals surface area contributed by atoms with Gasteiger partial charge < -0.3 is 5.11 Å². The minimum Gasteiger partial charge on any atom is -0.389 e. The first-order valence-corrected chi connectivity index (χ1v) is 8.09. The Balaban J connectivity index is 1.83. The molecule has 2 unspecified atom stereocenters. The molecule has 2 saturated heterocycles. The molecule has 0 aliphatic carbocycles. The highest BCUT2D eigenvalue weighted by Crippen LogP contribution is 2.46. The number of halogens is 1. The fourth-order valence-corrected chi connectivity index (χ4v) is 5.49. The van der Waals surface area contributed by atoms with Crippen molar-refractivity contribution >= 4 is 11.8 Å². The largest absolute Gasteiger partial charge is 0.389 e. The van der Waals surface area contributed by atoms with Crippen LogP contribution in [0.15, 0.2) is 18.2 Å². The number of nitriles is 1. The molecule has 2 nitrogen and oxygen atoms in total. The van der Waals surface area contributed by atoms with Crippen molar-refractivity contribution in [2.24, 2.45) is 0 Å². The summed E-state index contributed by atoms with van der Waals surface area (Å²) in [6.45, 7) is 0. The standard InChI is InChI=1S/C16H18FNOS/c17-13-5-4-11(10-18)12(6-13)7-16(19)8-14-2-1-3-15(9-16)20-14/h4-6,14-15,19H,1-3,7-9H2. The molecule has 2 fully saturated rings. The summed E-state index contributed by atoms with van der Waals surface area (Å²) in [4.78, 5) is 0. The Labute approximate surface area is 123 Å². The molecular weight excluding hydrogens is 273 g/mol. The van der Waals surface area contributed by atoms with Crippen LogP contribution >= 0.6 is 11.8 Å². The smallest absolute Gasteiger partial charge is 0.123 e. The Kier molecular flexibility index (Phi) is 3.74. The van der Waals surface area contributed by atoms with Gasteiger partial charge in [-0.25, -0.2) is 4.39 Å². The molecule has 0 radical (unpaired) electrons. The first-order chi connectivity index (χ1) is 9.58. The lowest BCUT2D eigenvalue weighted by Crippen LogP contribution is -2.44. The summed E-state index contributed by atoms with van der Waals surface area (Å²) >= 11 is 2.00. The highest BCUT2D eigenvalue weighted by Gasteiger charge is 2.41. The maximum Gasteiger partial charge on any atom is 0.123 e. The molecule has 1 aromatic rings. The summed E-state index contributed by atoms with van der Waals surface area (Å²) in [6.07, 6.45) is 5.49. The summed E-state index contributed by atoms with van der Waals surface area (Å²) in [5, 5.41) is 21.1. The predicted octanol–water partition coefficient (Wildman–Crippen LogP) is 3.42. The average molecular weight is 291 g/mol. The van der Waals surface area contributed by atoms with Gasteiger partial charge in [0.1, 0.15) is 5.82 Å². The van der Waals surface area contributed by atoms with Gasteiger partial charge in [-0.05, 0) is 49.4 Å². The van der Waals surface area contributed by atoms with E-state index in [1.807, 2.05) is 11.8 Å². The van der Waals surface area contributed by atoms with Gasteiger partial charge in [-0.15, -0.1) is 0 Å². The van der Waals surface area contributed by atoms with Crippen molar-refractivity contribution in [1.29, 1.82) is 5.26 Å². The summed E-state index contributed by atoms with van der Waals surface area (Å²) in [7, 11) is 0. The van der Waals surface area contributed by atoms with Crippen LogP contribution in [0.2, 0.25) is 0 Å². The number of rotatable bonds is 2. The second-order valence-electron chi connectivity index (χ2n) is 6.03. The van der Waals surface area contributed by atoms with Gasteiger partial charge in [0.25, 0.3) is 0 Å². The molecule has 0 aromatic heterocycles. The predicted molar refractivity (Wildman–Crippen MR) is 78.0 cm³/mol. The van der Waals surface area contributed by atoms with Crippen molar-refractivity contribution in [3.63, 3.8) is 0 Å². The van der Waals surface area contributed by atoms with Crippen LogP contribution < -0.4 is 0 Å².